The van der Waals surface area contributed by atoms with E-state index in [1.54, 1.807) is 14.2 Å². The summed E-state index contributed by atoms with van der Waals surface area (Å²) in [5.74, 6) is 3.02. The van der Waals surface area contributed by atoms with Crippen molar-refractivity contribution < 1.29 is 28.4 Å². The second-order valence-corrected chi connectivity index (χ2v) is 12.0. The lowest BCUT2D eigenvalue weighted by molar-refractivity contribution is 0.242. The van der Waals surface area contributed by atoms with Gasteiger partial charge in [-0.05, 0) is 56.4 Å². The first kappa shape index (κ1) is 33.5. The van der Waals surface area contributed by atoms with Gasteiger partial charge in [0, 0.05) is 11.1 Å². The molecule has 0 aliphatic heterocycles. The van der Waals surface area contributed by atoms with Crippen LogP contribution < -0.4 is 28.4 Å². The Bertz CT molecular complexity index is 1930. The summed E-state index contributed by atoms with van der Waals surface area (Å²) in [5, 5.41) is 0. The molecule has 0 unspecified atom stereocenters. The molecule has 0 amide bonds. The lowest BCUT2D eigenvalue weighted by Gasteiger charge is -2.23. The molecule has 0 bridgehead atoms. The van der Waals surface area contributed by atoms with Crippen molar-refractivity contribution in [3.63, 3.8) is 0 Å². The molecule has 6 nitrogen and oxygen atoms in total. The van der Waals surface area contributed by atoms with Crippen LogP contribution in [-0.2, 0) is 26.4 Å². The third kappa shape index (κ3) is 8.37. The van der Waals surface area contributed by atoms with E-state index in [2.05, 4.69) is 15.9 Å². The molecule has 6 aromatic rings. The van der Waals surface area contributed by atoms with Crippen molar-refractivity contribution in [1.82, 2.24) is 0 Å². The highest BCUT2D eigenvalue weighted by atomic mass is 79.9. The van der Waals surface area contributed by atoms with Gasteiger partial charge in [0.1, 0.15) is 26.4 Å². The van der Waals surface area contributed by atoms with Crippen molar-refractivity contribution in [3.05, 3.63) is 166 Å². The zero-order chi connectivity index (χ0) is 33.8. The summed E-state index contributed by atoms with van der Waals surface area (Å²) in [5.41, 5.74) is 5.54. The topological polar surface area (TPSA) is 55.4 Å². The lowest BCUT2D eigenvalue weighted by Crippen LogP contribution is -2.06. The highest BCUT2D eigenvalue weighted by Crippen LogP contribution is 2.54. The maximum atomic E-state index is 6.52. The number of hydrogen-bond acceptors (Lipinski definition) is 6. The van der Waals surface area contributed by atoms with Crippen molar-refractivity contribution in [2.24, 2.45) is 0 Å². The zero-order valence-corrected chi connectivity index (χ0v) is 29.0. The minimum Gasteiger partial charge on any atom is -0.492 e. The monoisotopic (exact) mass is 716 g/mol. The van der Waals surface area contributed by atoms with Crippen molar-refractivity contribution in [3.8, 4) is 45.6 Å². The average Bonchev–Trinajstić information content (AvgIpc) is 3.16. The van der Waals surface area contributed by atoms with E-state index in [1.165, 1.54) is 0 Å². The molecule has 0 saturated carbocycles. The van der Waals surface area contributed by atoms with Crippen molar-refractivity contribution >= 4 is 15.9 Å². The van der Waals surface area contributed by atoms with Crippen LogP contribution in [-0.4, -0.2) is 14.2 Å². The molecule has 0 aliphatic carbocycles. The third-order valence-corrected chi connectivity index (χ3v) is 8.42. The van der Waals surface area contributed by atoms with Gasteiger partial charge in [-0.3, -0.25) is 0 Å². The maximum absolute atomic E-state index is 6.52. The zero-order valence-electron chi connectivity index (χ0n) is 27.4. The van der Waals surface area contributed by atoms with E-state index < -0.39 is 0 Å². The standard InChI is InChI=1S/C42H37BrO6/c1-44-38-34(23-24-37(46-26-30-15-7-3-8-16-30)41(38)48-28-32-19-11-5-12-20-32)35-25-36(43)40(47-27-31-17-9-4-10-18-31)42(39(35)45-2)49-29-33-21-13-6-14-22-33/h3-25H,26-29H2,1-2H3. The smallest absolute Gasteiger partial charge is 0.205 e. The summed E-state index contributed by atoms with van der Waals surface area (Å²) in [7, 11) is 3.25. The summed E-state index contributed by atoms with van der Waals surface area (Å²) in [6.07, 6.45) is 0. The fourth-order valence-corrected chi connectivity index (χ4v) is 5.92. The Balaban J connectivity index is 1.43. The largest absolute Gasteiger partial charge is 0.492 e. The first-order valence-electron chi connectivity index (χ1n) is 15.9. The minimum atomic E-state index is 0.309. The molecule has 0 fully saturated rings. The predicted octanol–water partition coefficient (Wildman–Crippen LogP) is 10.4. The third-order valence-electron chi connectivity index (χ3n) is 7.83. The lowest BCUT2D eigenvalue weighted by atomic mass is 10.0. The van der Waals surface area contributed by atoms with Gasteiger partial charge >= 0.3 is 0 Å². The molecule has 7 heteroatoms. The van der Waals surface area contributed by atoms with Crippen LogP contribution in [0.25, 0.3) is 11.1 Å². The van der Waals surface area contributed by atoms with Gasteiger partial charge in [0.2, 0.25) is 11.5 Å². The van der Waals surface area contributed by atoms with Gasteiger partial charge < -0.3 is 28.4 Å². The minimum absolute atomic E-state index is 0.309. The van der Waals surface area contributed by atoms with Crippen LogP contribution in [0.2, 0.25) is 0 Å². The molecule has 248 valence electrons. The number of hydrogen-bond donors (Lipinski definition) is 0. The van der Waals surface area contributed by atoms with E-state index in [9.17, 15) is 0 Å². The van der Waals surface area contributed by atoms with Gasteiger partial charge in [0.15, 0.2) is 23.0 Å². The summed E-state index contributed by atoms with van der Waals surface area (Å²) in [4.78, 5) is 0. The summed E-state index contributed by atoms with van der Waals surface area (Å²) in [6.45, 7) is 1.34. The molecule has 0 N–H and O–H groups in total. The molecule has 0 aromatic heterocycles. The Morgan fingerprint density at radius 1 is 0.388 bits per heavy atom. The van der Waals surface area contributed by atoms with Gasteiger partial charge in [-0.25, -0.2) is 0 Å². The Hall–Kier alpha value is -5.40. The van der Waals surface area contributed by atoms with E-state index in [1.807, 2.05) is 140 Å². The molecule has 0 atom stereocenters. The van der Waals surface area contributed by atoms with Gasteiger partial charge in [-0.1, -0.05) is 121 Å². The molecule has 49 heavy (non-hydrogen) atoms. The van der Waals surface area contributed by atoms with E-state index in [4.69, 9.17) is 28.4 Å². The predicted molar refractivity (Wildman–Crippen MR) is 196 cm³/mol. The van der Waals surface area contributed by atoms with E-state index in [-0.39, 0.29) is 0 Å². The van der Waals surface area contributed by atoms with E-state index in [0.717, 1.165) is 33.4 Å². The van der Waals surface area contributed by atoms with Crippen LogP contribution in [0.5, 0.6) is 34.5 Å². The number of benzene rings is 6. The molecule has 6 rings (SSSR count). The Morgan fingerprint density at radius 2 is 0.776 bits per heavy atom. The van der Waals surface area contributed by atoms with Crippen molar-refractivity contribution in [2.75, 3.05) is 14.2 Å². The fourth-order valence-electron chi connectivity index (χ4n) is 5.39. The van der Waals surface area contributed by atoms with E-state index in [0.29, 0.717) is 65.4 Å². The van der Waals surface area contributed by atoms with E-state index >= 15 is 0 Å². The Labute approximate surface area is 295 Å². The number of halogens is 1. The summed E-state index contributed by atoms with van der Waals surface area (Å²) in [6, 6.07) is 45.8. The Kier molecular flexibility index (Phi) is 11.4. The highest BCUT2D eigenvalue weighted by Gasteiger charge is 2.27. The van der Waals surface area contributed by atoms with Crippen LogP contribution in [0.4, 0.5) is 0 Å². The number of ether oxygens (including phenoxy) is 6. The molecular formula is C42H37BrO6. The second-order valence-electron chi connectivity index (χ2n) is 11.2. The molecule has 0 radical (unpaired) electrons. The highest BCUT2D eigenvalue weighted by molar-refractivity contribution is 9.10. The number of methoxy groups -OCH3 is 2. The van der Waals surface area contributed by atoms with Crippen molar-refractivity contribution in [2.45, 2.75) is 26.4 Å². The normalized spacial score (nSPS) is 10.7. The summed E-state index contributed by atoms with van der Waals surface area (Å²) < 4.78 is 38.7. The van der Waals surface area contributed by atoms with Gasteiger partial charge in [-0.15, -0.1) is 0 Å². The first-order chi connectivity index (χ1) is 24.1. The van der Waals surface area contributed by atoms with Crippen LogP contribution in [0, 0.1) is 0 Å². The first-order valence-corrected chi connectivity index (χ1v) is 16.7. The van der Waals surface area contributed by atoms with Gasteiger partial charge in [0.05, 0.1) is 18.7 Å². The molecule has 0 saturated heterocycles. The molecule has 0 heterocycles. The van der Waals surface area contributed by atoms with Gasteiger partial charge in [0.25, 0.3) is 0 Å². The average molecular weight is 718 g/mol. The maximum Gasteiger partial charge on any atom is 0.205 e. The van der Waals surface area contributed by atoms with Gasteiger partial charge in [-0.2, -0.15) is 0 Å². The molecule has 0 spiro atoms. The van der Waals surface area contributed by atoms with Crippen LogP contribution >= 0.6 is 15.9 Å². The fraction of sp³-hybridized carbons (Fsp3) is 0.143. The second kappa shape index (κ2) is 16.6. The Morgan fingerprint density at radius 3 is 1.22 bits per heavy atom. The molecule has 0 aliphatic rings. The summed E-state index contributed by atoms with van der Waals surface area (Å²) >= 11 is 3.79. The molecular weight excluding hydrogens is 680 g/mol. The van der Waals surface area contributed by atoms with Crippen LogP contribution in [0.15, 0.2) is 144 Å². The SMILES string of the molecule is COc1c(-c2cc(Br)c(OCc3ccccc3)c(OCc3ccccc3)c2OC)ccc(OCc2ccccc2)c1OCc1ccccc1. The quantitative estimate of drug-likeness (QED) is 0.105. The molecule has 6 aromatic carbocycles. The van der Waals surface area contributed by atoms with Crippen LogP contribution in [0.1, 0.15) is 22.3 Å². The number of rotatable bonds is 15. The van der Waals surface area contributed by atoms with Crippen molar-refractivity contribution in [1.29, 1.82) is 0 Å². The van der Waals surface area contributed by atoms with Crippen LogP contribution in [0.3, 0.4) is 0 Å².